The second kappa shape index (κ2) is 6.23. The van der Waals surface area contributed by atoms with Crippen LogP contribution < -0.4 is 16.6 Å². The van der Waals surface area contributed by atoms with E-state index in [1.165, 1.54) is 0 Å². The summed E-state index contributed by atoms with van der Waals surface area (Å²) in [5, 5.41) is 3.09. The van der Waals surface area contributed by atoms with Gasteiger partial charge in [-0.2, -0.15) is 0 Å². The zero-order valence-electron chi connectivity index (χ0n) is 11.9. The van der Waals surface area contributed by atoms with Crippen LogP contribution in [0.15, 0.2) is 4.99 Å². The highest BCUT2D eigenvalue weighted by molar-refractivity contribution is 5.80. The molecular weight excluding hydrogens is 242 g/mol. The minimum absolute atomic E-state index is 0.195. The molecule has 0 spiro atoms. The Morgan fingerprint density at radius 1 is 1.58 bits per heavy atom. The lowest BCUT2D eigenvalue weighted by Crippen LogP contribution is -2.57. The van der Waals surface area contributed by atoms with Crippen LogP contribution >= 0.6 is 0 Å². The van der Waals surface area contributed by atoms with Gasteiger partial charge in [0, 0.05) is 32.1 Å². The van der Waals surface area contributed by atoms with E-state index in [4.69, 9.17) is 5.84 Å². The molecule has 2 atom stereocenters. The van der Waals surface area contributed by atoms with Crippen molar-refractivity contribution in [2.75, 3.05) is 19.6 Å². The van der Waals surface area contributed by atoms with Gasteiger partial charge >= 0.3 is 0 Å². The molecule has 108 valence electrons. The first-order valence-corrected chi connectivity index (χ1v) is 7.15. The summed E-state index contributed by atoms with van der Waals surface area (Å²) in [6, 6.07) is 0.335. The normalized spacial score (nSPS) is 28.1. The zero-order chi connectivity index (χ0) is 13.8. The number of rotatable bonds is 2. The van der Waals surface area contributed by atoms with Gasteiger partial charge in [-0.05, 0) is 24.7 Å². The monoisotopic (exact) mass is 267 g/mol. The van der Waals surface area contributed by atoms with Crippen LogP contribution in [-0.2, 0) is 4.79 Å². The van der Waals surface area contributed by atoms with Crippen molar-refractivity contribution in [3.05, 3.63) is 0 Å². The van der Waals surface area contributed by atoms with Crippen molar-refractivity contribution in [1.29, 1.82) is 0 Å². The molecule has 6 nitrogen and oxygen atoms in total. The van der Waals surface area contributed by atoms with E-state index < -0.39 is 0 Å². The van der Waals surface area contributed by atoms with E-state index in [2.05, 4.69) is 34.5 Å². The first kappa shape index (κ1) is 14.1. The Kier molecular flexibility index (Phi) is 4.63. The fraction of sp³-hybridized carbons (Fsp3) is 0.846. The second-order valence-electron chi connectivity index (χ2n) is 5.91. The van der Waals surface area contributed by atoms with Crippen molar-refractivity contribution in [3.8, 4) is 0 Å². The molecule has 0 aromatic rings. The van der Waals surface area contributed by atoms with E-state index in [9.17, 15) is 4.79 Å². The highest BCUT2D eigenvalue weighted by atomic mass is 16.1. The number of likely N-dealkylation sites (tertiary alicyclic amines) is 1. The molecule has 0 aliphatic carbocycles. The van der Waals surface area contributed by atoms with Gasteiger partial charge in [-0.3, -0.25) is 15.2 Å². The molecule has 2 heterocycles. The Labute approximate surface area is 114 Å². The molecule has 0 aromatic heterocycles. The van der Waals surface area contributed by atoms with E-state index in [0.29, 0.717) is 24.3 Å². The molecule has 19 heavy (non-hydrogen) atoms. The van der Waals surface area contributed by atoms with E-state index >= 15 is 0 Å². The van der Waals surface area contributed by atoms with Gasteiger partial charge in [0.25, 0.3) is 0 Å². The molecule has 2 aliphatic rings. The first-order valence-electron chi connectivity index (χ1n) is 7.15. The number of nitrogens with zero attached hydrogens (tertiary/aromatic N) is 2. The van der Waals surface area contributed by atoms with Crippen LogP contribution in [0.25, 0.3) is 0 Å². The number of guanidine groups is 1. The van der Waals surface area contributed by atoms with Crippen molar-refractivity contribution in [2.24, 2.45) is 22.7 Å². The summed E-state index contributed by atoms with van der Waals surface area (Å²) < 4.78 is 0. The molecule has 2 aliphatic heterocycles. The minimum Gasteiger partial charge on any atom is -0.353 e. The minimum atomic E-state index is 0.195. The molecule has 4 N–H and O–H groups in total. The third kappa shape index (κ3) is 3.59. The van der Waals surface area contributed by atoms with Crippen molar-refractivity contribution >= 4 is 11.9 Å². The highest BCUT2D eigenvalue weighted by Crippen LogP contribution is 2.25. The van der Waals surface area contributed by atoms with Crippen LogP contribution in [-0.4, -0.2) is 42.4 Å². The average Bonchev–Trinajstić information content (AvgIpc) is 2.39. The van der Waals surface area contributed by atoms with E-state index in [1.54, 1.807) is 0 Å². The summed E-state index contributed by atoms with van der Waals surface area (Å²) in [6.07, 6.45) is 2.58. The summed E-state index contributed by atoms with van der Waals surface area (Å²) in [4.78, 5) is 18.1. The fourth-order valence-corrected chi connectivity index (χ4v) is 2.81. The molecular formula is C13H25N5O. The number of nitrogens with one attached hydrogen (secondary N) is 2. The number of carbonyl (C=O) groups is 1. The maximum atomic E-state index is 11.4. The van der Waals surface area contributed by atoms with Gasteiger partial charge in [-0.15, -0.1) is 0 Å². The van der Waals surface area contributed by atoms with Crippen LogP contribution in [0.3, 0.4) is 0 Å². The third-order valence-corrected chi connectivity index (χ3v) is 3.86. The first-order chi connectivity index (χ1) is 9.10. The molecule has 0 saturated carbocycles. The quantitative estimate of drug-likeness (QED) is 0.286. The number of hydrogen-bond acceptors (Lipinski definition) is 3. The lowest BCUT2D eigenvalue weighted by molar-refractivity contribution is -0.125. The van der Waals surface area contributed by atoms with Gasteiger partial charge in [-0.25, -0.2) is 5.84 Å². The van der Waals surface area contributed by atoms with Gasteiger partial charge in [0.15, 0.2) is 0 Å². The van der Waals surface area contributed by atoms with Gasteiger partial charge in [0.1, 0.15) is 0 Å². The molecule has 6 heteroatoms. The number of amides is 1. The average molecular weight is 267 g/mol. The largest absolute Gasteiger partial charge is 0.353 e. The predicted octanol–water partition coefficient (Wildman–Crippen LogP) is 0.0622. The smallest absolute Gasteiger partial charge is 0.220 e. The summed E-state index contributed by atoms with van der Waals surface area (Å²) in [7, 11) is 0. The van der Waals surface area contributed by atoms with Gasteiger partial charge < -0.3 is 10.2 Å². The lowest BCUT2D eigenvalue weighted by Gasteiger charge is -2.42. The molecule has 2 rings (SSSR count). The van der Waals surface area contributed by atoms with Crippen molar-refractivity contribution in [3.63, 3.8) is 0 Å². The predicted molar refractivity (Wildman–Crippen MR) is 75.3 cm³/mol. The Morgan fingerprint density at radius 3 is 3.05 bits per heavy atom. The Bertz CT molecular complexity index is 355. The molecule has 2 unspecified atom stereocenters. The van der Waals surface area contributed by atoms with Gasteiger partial charge in [0.2, 0.25) is 11.9 Å². The van der Waals surface area contributed by atoms with Gasteiger partial charge in [0.05, 0.1) is 0 Å². The molecule has 1 amide bonds. The standard InChI is InChI=1S/C13H25N5O/c1-9(2)7-15-13(17-14)18-6-5-11-10(8-18)3-4-12(19)16-11/h9-11H,3-8,14H2,1-2H3,(H,15,17)(H,16,19). The summed E-state index contributed by atoms with van der Waals surface area (Å²) in [6.45, 7) is 6.87. The number of fused-ring (bicyclic) bond motifs is 1. The molecule has 0 bridgehead atoms. The maximum absolute atomic E-state index is 11.4. The number of hydrogen-bond donors (Lipinski definition) is 3. The maximum Gasteiger partial charge on any atom is 0.220 e. The number of nitrogens with two attached hydrogens (primary N) is 1. The number of piperidine rings is 2. The van der Waals surface area contributed by atoms with E-state index in [1.807, 2.05) is 0 Å². The Balaban J connectivity index is 1.95. The molecule has 2 saturated heterocycles. The van der Waals surface area contributed by atoms with Crippen molar-refractivity contribution < 1.29 is 4.79 Å². The van der Waals surface area contributed by atoms with Crippen LogP contribution in [0.2, 0.25) is 0 Å². The SMILES string of the molecule is CC(C)CN=C(NN)N1CCC2NC(=O)CCC2C1. The molecule has 0 radical (unpaired) electrons. The van der Waals surface area contributed by atoms with E-state index in [-0.39, 0.29) is 5.91 Å². The van der Waals surface area contributed by atoms with Crippen LogP contribution in [0.5, 0.6) is 0 Å². The van der Waals surface area contributed by atoms with Crippen molar-refractivity contribution in [1.82, 2.24) is 15.6 Å². The highest BCUT2D eigenvalue weighted by Gasteiger charge is 2.34. The van der Waals surface area contributed by atoms with Gasteiger partial charge in [-0.1, -0.05) is 13.8 Å². The topological polar surface area (TPSA) is 82.8 Å². The van der Waals surface area contributed by atoms with E-state index in [0.717, 1.165) is 38.4 Å². The zero-order valence-corrected chi connectivity index (χ0v) is 11.9. The summed E-state index contributed by atoms with van der Waals surface area (Å²) in [5.41, 5.74) is 2.72. The Hall–Kier alpha value is -1.30. The summed E-state index contributed by atoms with van der Waals surface area (Å²) in [5.74, 6) is 7.60. The van der Waals surface area contributed by atoms with Crippen LogP contribution in [0.4, 0.5) is 0 Å². The van der Waals surface area contributed by atoms with Crippen LogP contribution in [0, 0.1) is 11.8 Å². The Morgan fingerprint density at radius 2 is 2.37 bits per heavy atom. The fourth-order valence-electron chi connectivity index (χ4n) is 2.81. The van der Waals surface area contributed by atoms with Crippen LogP contribution in [0.1, 0.15) is 33.1 Å². The molecule has 0 aromatic carbocycles. The summed E-state index contributed by atoms with van der Waals surface area (Å²) >= 11 is 0. The number of carbonyl (C=O) groups excluding carboxylic acids is 1. The van der Waals surface area contributed by atoms with Crippen molar-refractivity contribution in [2.45, 2.75) is 39.2 Å². The second-order valence-corrected chi connectivity index (χ2v) is 5.91. The molecule has 2 fully saturated rings. The lowest BCUT2D eigenvalue weighted by atomic mass is 9.85. The number of hydrazine groups is 1. The third-order valence-electron chi connectivity index (χ3n) is 3.86. The number of aliphatic imine (C=N–C) groups is 1.